The molecule has 188 valence electrons. The highest BCUT2D eigenvalue weighted by atomic mass is 16.5. The first-order valence-electron chi connectivity index (χ1n) is 12.1. The molecule has 0 bridgehead atoms. The molecule has 7 nitrogen and oxygen atoms in total. The molecule has 38 heavy (non-hydrogen) atoms. The van der Waals surface area contributed by atoms with E-state index >= 15 is 0 Å². The molecule has 5 aromatic rings. The van der Waals surface area contributed by atoms with Crippen molar-refractivity contribution in [2.24, 2.45) is 5.10 Å². The third-order valence-corrected chi connectivity index (χ3v) is 5.84. The maximum absolute atomic E-state index is 12.6. The number of carbonyl (C=O) groups is 1. The Balaban J connectivity index is 1.37. The quantitative estimate of drug-likeness (QED) is 0.201. The number of benzene rings is 4. The third kappa shape index (κ3) is 5.96. The number of hydrogen-bond acceptors (Lipinski definition) is 5. The first-order chi connectivity index (χ1) is 18.7. The van der Waals surface area contributed by atoms with Gasteiger partial charge in [0, 0.05) is 22.9 Å². The fraction of sp³-hybridized carbons (Fsp3) is 0.0645. The van der Waals surface area contributed by atoms with E-state index < -0.39 is 0 Å². The lowest BCUT2D eigenvalue weighted by Gasteiger charge is -2.07. The van der Waals surface area contributed by atoms with Crippen LogP contribution < -0.4 is 14.9 Å². The smallest absolute Gasteiger partial charge is 0.271 e. The molecule has 1 aromatic heterocycles. The number of nitrogens with zero attached hydrogens (tertiary/aromatic N) is 3. The second-order valence-electron chi connectivity index (χ2n) is 8.44. The molecule has 0 fully saturated rings. The van der Waals surface area contributed by atoms with Crippen LogP contribution in [0.1, 0.15) is 21.5 Å². The van der Waals surface area contributed by atoms with Crippen LogP contribution in [0.4, 0.5) is 0 Å². The first kappa shape index (κ1) is 24.5. The van der Waals surface area contributed by atoms with Crippen molar-refractivity contribution in [2.45, 2.75) is 6.61 Å². The van der Waals surface area contributed by atoms with Crippen molar-refractivity contribution >= 4 is 12.1 Å². The van der Waals surface area contributed by atoms with Crippen molar-refractivity contribution in [3.63, 3.8) is 0 Å². The molecule has 1 amide bonds. The second kappa shape index (κ2) is 11.7. The van der Waals surface area contributed by atoms with E-state index in [1.54, 1.807) is 42.3 Å². The van der Waals surface area contributed by atoms with Crippen molar-refractivity contribution in [1.29, 1.82) is 0 Å². The van der Waals surface area contributed by atoms with E-state index in [2.05, 4.69) is 10.5 Å². The van der Waals surface area contributed by atoms with Crippen molar-refractivity contribution in [3.05, 3.63) is 132 Å². The molecule has 0 spiro atoms. The summed E-state index contributed by atoms with van der Waals surface area (Å²) >= 11 is 0. The number of rotatable bonds is 9. The van der Waals surface area contributed by atoms with E-state index in [4.69, 9.17) is 14.6 Å². The van der Waals surface area contributed by atoms with Crippen LogP contribution in [0, 0.1) is 0 Å². The summed E-state index contributed by atoms with van der Waals surface area (Å²) in [4.78, 5) is 12.6. The molecule has 1 N–H and O–H groups in total. The molecule has 0 unspecified atom stereocenters. The largest absolute Gasteiger partial charge is 0.497 e. The molecule has 5 rings (SSSR count). The molecule has 4 aromatic carbocycles. The SMILES string of the molecule is COc1cccc(C(=O)N/N=C\c2cn(-c3ccccc3)nc2-c2ccc(OCc3ccccc3)cc2)c1. The summed E-state index contributed by atoms with van der Waals surface area (Å²) < 4.78 is 12.9. The highest BCUT2D eigenvalue weighted by molar-refractivity contribution is 5.96. The van der Waals surface area contributed by atoms with E-state index in [-0.39, 0.29) is 5.91 Å². The van der Waals surface area contributed by atoms with Gasteiger partial charge < -0.3 is 9.47 Å². The van der Waals surface area contributed by atoms with Crippen LogP contribution in [0.2, 0.25) is 0 Å². The van der Waals surface area contributed by atoms with Crippen molar-refractivity contribution < 1.29 is 14.3 Å². The summed E-state index contributed by atoms with van der Waals surface area (Å²) in [6.07, 6.45) is 3.48. The van der Waals surface area contributed by atoms with Gasteiger partial charge in [-0.2, -0.15) is 10.2 Å². The number of hydrazone groups is 1. The van der Waals surface area contributed by atoms with Crippen molar-refractivity contribution in [2.75, 3.05) is 7.11 Å². The van der Waals surface area contributed by atoms with Crippen LogP contribution in [0.5, 0.6) is 11.5 Å². The highest BCUT2D eigenvalue weighted by Crippen LogP contribution is 2.25. The van der Waals surface area contributed by atoms with E-state index in [0.717, 1.165) is 33.8 Å². The van der Waals surface area contributed by atoms with Gasteiger partial charge in [-0.1, -0.05) is 54.6 Å². The Bertz CT molecular complexity index is 1530. The van der Waals surface area contributed by atoms with E-state index in [1.165, 1.54) is 0 Å². The van der Waals surface area contributed by atoms with Gasteiger partial charge in [0.15, 0.2) is 0 Å². The number of ether oxygens (including phenoxy) is 2. The Labute approximate surface area is 221 Å². The number of amides is 1. The molecule has 1 heterocycles. The number of carbonyl (C=O) groups excluding carboxylic acids is 1. The average Bonchev–Trinajstić information content (AvgIpc) is 3.41. The Morgan fingerprint density at radius 1 is 0.895 bits per heavy atom. The number of aromatic nitrogens is 2. The van der Waals surface area contributed by atoms with Crippen LogP contribution >= 0.6 is 0 Å². The van der Waals surface area contributed by atoms with Gasteiger partial charge in [0.1, 0.15) is 23.8 Å². The second-order valence-corrected chi connectivity index (χ2v) is 8.44. The Kier molecular flexibility index (Phi) is 7.56. The minimum atomic E-state index is -0.336. The standard InChI is InChI=1S/C31H26N4O3/c1-37-29-14-8-11-25(19-29)31(36)33-32-20-26-21-35(27-12-6-3-7-13-27)34-30(26)24-15-17-28(18-16-24)38-22-23-9-4-2-5-10-23/h2-21H,22H2,1H3,(H,33,36)/b32-20-. The van der Waals surface area contributed by atoms with Crippen LogP contribution in [-0.4, -0.2) is 29.0 Å². The maximum atomic E-state index is 12.6. The maximum Gasteiger partial charge on any atom is 0.271 e. The van der Waals surface area contributed by atoms with Gasteiger partial charge in [0.25, 0.3) is 5.91 Å². The van der Waals surface area contributed by atoms with E-state index in [9.17, 15) is 4.79 Å². The Hall–Kier alpha value is -5.17. The number of para-hydroxylation sites is 1. The monoisotopic (exact) mass is 502 g/mol. The summed E-state index contributed by atoms with van der Waals surface area (Å²) in [7, 11) is 1.56. The summed E-state index contributed by atoms with van der Waals surface area (Å²) in [5.41, 5.74) is 7.42. The summed E-state index contributed by atoms with van der Waals surface area (Å²) in [6, 6.07) is 34.5. The number of methoxy groups -OCH3 is 1. The molecule has 7 heteroatoms. The zero-order chi connectivity index (χ0) is 26.2. The molecule has 0 radical (unpaired) electrons. The predicted molar refractivity (Wildman–Crippen MR) is 148 cm³/mol. The topological polar surface area (TPSA) is 77.7 Å². The van der Waals surface area contributed by atoms with Gasteiger partial charge in [0.2, 0.25) is 0 Å². The molecule has 0 saturated heterocycles. The zero-order valence-corrected chi connectivity index (χ0v) is 20.8. The first-order valence-corrected chi connectivity index (χ1v) is 12.1. The molecule has 0 atom stereocenters. The highest BCUT2D eigenvalue weighted by Gasteiger charge is 2.12. The van der Waals surface area contributed by atoms with Crippen molar-refractivity contribution in [1.82, 2.24) is 15.2 Å². The van der Waals surface area contributed by atoms with Gasteiger partial charge in [0.05, 0.1) is 19.0 Å². The van der Waals surface area contributed by atoms with Gasteiger partial charge in [-0.15, -0.1) is 0 Å². The van der Waals surface area contributed by atoms with Crippen molar-refractivity contribution in [3.8, 4) is 28.4 Å². The lowest BCUT2D eigenvalue weighted by Crippen LogP contribution is -2.17. The molecular formula is C31H26N4O3. The summed E-state index contributed by atoms with van der Waals surface area (Å²) in [6.45, 7) is 0.494. The normalized spacial score (nSPS) is 10.9. The van der Waals surface area contributed by atoms with E-state index in [0.29, 0.717) is 17.9 Å². The predicted octanol–water partition coefficient (Wildman–Crippen LogP) is 5.89. The van der Waals surface area contributed by atoms with Gasteiger partial charge in [-0.25, -0.2) is 10.1 Å². The van der Waals surface area contributed by atoms with E-state index in [1.807, 2.05) is 91.1 Å². The van der Waals surface area contributed by atoms with Gasteiger partial charge in [-0.05, 0) is 60.2 Å². The van der Waals surface area contributed by atoms with Crippen LogP contribution in [0.25, 0.3) is 16.9 Å². The number of hydrogen-bond donors (Lipinski definition) is 1. The molecule has 0 aliphatic rings. The molecular weight excluding hydrogens is 476 g/mol. The zero-order valence-electron chi connectivity index (χ0n) is 20.8. The lowest BCUT2D eigenvalue weighted by atomic mass is 10.1. The minimum Gasteiger partial charge on any atom is -0.497 e. The van der Waals surface area contributed by atoms with Gasteiger partial charge >= 0.3 is 0 Å². The lowest BCUT2D eigenvalue weighted by molar-refractivity contribution is 0.0955. The van der Waals surface area contributed by atoms with Crippen LogP contribution in [0.15, 0.2) is 120 Å². The van der Waals surface area contributed by atoms with Crippen LogP contribution in [-0.2, 0) is 6.61 Å². The Morgan fingerprint density at radius 2 is 1.63 bits per heavy atom. The number of nitrogens with one attached hydrogen (secondary N) is 1. The van der Waals surface area contributed by atoms with Gasteiger partial charge in [-0.3, -0.25) is 4.79 Å². The van der Waals surface area contributed by atoms with Crippen LogP contribution in [0.3, 0.4) is 0 Å². The molecule has 0 saturated carbocycles. The third-order valence-electron chi connectivity index (χ3n) is 5.84. The average molecular weight is 503 g/mol. The summed E-state index contributed by atoms with van der Waals surface area (Å²) in [5.74, 6) is 1.03. The molecule has 0 aliphatic heterocycles. The minimum absolute atomic E-state index is 0.336. The fourth-order valence-corrected chi connectivity index (χ4v) is 3.86. The summed E-state index contributed by atoms with van der Waals surface area (Å²) in [5, 5.41) is 9.01. The fourth-order valence-electron chi connectivity index (χ4n) is 3.86. The molecule has 0 aliphatic carbocycles. The Morgan fingerprint density at radius 3 is 2.37 bits per heavy atom.